The highest BCUT2D eigenvalue weighted by Gasteiger charge is 2.15. The van der Waals surface area contributed by atoms with Crippen LogP contribution in [0.25, 0.3) is 0 Å². The third kappa shape index (κ3) is 3.92. The van der Waals surface area contributed by atoms with Crippen molar-refractivity contribution in [3.8, 4) is 5.75 Å². The Morgan fingerprint density at radius 3 is 2.95 bits per heavy atom. The van der Waals surface area contributed by atoms with Gasteiger partial charge in [0, 0.05) is 17.4 Å². The van der Waals surface area contributed by atoms with Crippen LogP contribution in [-0.2, 0) is 0 Å². The van der Waals surface area contributed by atoms with Crippen molar-refractivity contribution < 1.29 is 4.74 Å². The molecule has 1 aromatic heterocycles. The van der Waals surface area contributed by atoms with Crippen molar-refractivity contribution in [2.75, 3.05) is 19.4 Å². The molecule has 0 aliphatic carbocycles. The van der Waals surface area contributed by atoms with Crippen LogP contribution >= 0.6 is 23.3 Å². The van der Waals surface area contributed by atoms with E-state index in [0.717, 1.165) is 22.4 Å². The van der Waals surface area contributed by atoms with Crippen molar-refractivity contribution in [3.63, 3.8) is 0 Å². The summed E-state index contributed by atoms with van der Waals surface area (Å²) >= 11 is 3.15. The SMILES string of the molecule is CCNC(CSc1ncns1)c1ccccc1OC. The first kappa shape index (κ1) is 14.3. The molecule has 102 valence electrons. The molecule has 1 heterocycles. The maximum atomic E-state index is 5.44. The normalized spacial score (nSPS) is 12.3. The molecule has 0 saturated carbocycles. The van der Waals surface area contributed by atoms with Crippen LogP contribution in [0.2, 0.25) is 0 Å². The first-order valence-electron chi connectivity index (χ1n) is 6.11. The van der Waals surface area contributed by atoms with E-state index in [2.05, 4.69) is 27.7 Å². The van der Waals surface area contributed by atoms with Gasteiger partial charge in [-0.1, -0.05) is 36.9 Å². The van der Waals surface area contributed by atoms with E-state index >= 15 is 0 Å². The van der Waals surface area contributed by atoms with Crippen molar-refractivity contribution in [3.05, 3.63) is 36.2 Å². The molecule has 4 nitrogen and oxygen atoms in total. The molecule has 19 heavy (non-hydrogen) atoms. The minimum absolute atomic E-state index is 0.245. The fourth-order valence-corrected chi connectivity index (χ4v) is 3.39. The number of thioether (sulfide) groups is 1. The van der Waals surface area contributed by atoms with Gasteiger partial charge in [-0.15, -0.1) is 0 Å². The zero-order valence-electron chi connectivity index (χ0n) is 11.0. The van der Waals surface area contributed by atoms with Gasteiger partial charge in [-0.25, -0.2) is 4.98 Å². The third-order valence-corrected chi connectivity index (χ3v) is 4.57. The predicted octanol–water partition coefficient (Wildman–Crippen LogP) is 2.99. The van der Waals surface area contributed by atoms with Crippen molar-refractivity contribution >= 4 is 23.3 Å². The van der Waals surface area contributed by atoms with Gasteiger partial charge >= 0.3 is 0 Å². The lowest BCUT2D eigenvalue weighted by molar-refractivity contribution is 0.403. The Labute approximate surface area is 121 Å². The molecule has 0 saturated heterocycles. The van der Waals surface area contributed by atoms with E-state index in [1.807, 2.05) is 18.2 Å². The van der Waals surface area contributed by atoms with Gasteiger partial charge in [-0.2, -0.15) is 4.37 Å². The van der Waals surface area contributed by atoms with Crippen molar-refractivity contribution in [2.45, 2.75) is 17.3 Å². The molecule has 6 heteroatoms. The van der Waals surface area contributed by atoms with Crippen LogP contribution in [0.5, 0.6) is 5.75 Å². The van der Waals surface area contributed by atoms with Gasteiger partial charge in [-0.3, -0.25) is 0 Å². The maximum absolute atomic E-state index is 5.44. The molecule has 0 spiro atoms. The largest absolute Gasteiger partial charge is 0.496 e. The van der Waals surface area contributed by atoms with Crippen LogP contribution in [0.4, 0.5) is 0 Å². The van der Waals surface area contributed by atoms with Gasteiger partial charge < -0.3 is 10.1 Å². The number of benzene rings is 1. The van der Waals surface area contributed by atoms with Gasteiger partial charge in [0.05, 0.1) is 7.11 Å². The quantitative estimate of drug-likeness (QED) is 0.796. The summed E-state index contributed by atoms with van der Waals surface area (Å²) in [5.74, 6) is 1.83. The van der Waals surface area contributed by atoms with Crippen LogP contribution in [-0.4, -0.2) is 28.8 Å². The highest BCUT2D eigenvalue weighted by Crippen LogP contribution is 2.30. The smallest absolute Gasteiger partial charge is 0.169 e. The number of aromatic nitrogens is 2. The molecule has 1 atom stereocenters. The first-order valence-corrected chi connectivity index (χ1v) is 7.86. The van der Waals surface area contributed by atoms with E-state index in [0.29, 0.717) is 0 Å². The van der Waals surface area contributed by atoms with Gasteiger partial charge in [0.2, 0.25) is 0 Å². The Balaban J connectivity index is 2.10. The lowest BCUT2D eigenvalue weighted by Crippen LogP contribution is -2.23. The summed E-state index contributed by atoms with van der Waals surface area (Å²) in [6, 6.07) is 8.37. The topological polar surface area (TPSA) is 47.0 Å². The maximum Gasteiger partial charge on any atom is 0.169 e. The van der Waals surface area contributed by atoms with Crippen LogP contribution < -0.4 is 10.1 Å². The fourth-order valence-electron chi connectivity index (χ4n) is 1.84. The lowest BCUT2D eigenvalue weighted by atomic mass is 10.1. The Bertz CT molecular complexity index is 490. The summed E-state index contributed by atoms with van der Waals surface area (Å²) in [5.41, 5.74) is 1.18. The summed E-state index contributed by atoms with van der Waals surface area (Å²) in [7, 11) is 1.71. The number of para-hydroxylation sites is 1. The minimum atomic E-state index is 0.245. The molecule has 0 fully saturated rings. The molecule has 0 bridgehead atoms. The monoisotopic (exact) mass is 295 g/mol. The summed E-state index contributed by atoms with van der Waals surface area (Å²) in [4.78, 5) is 4.20. The molecular weight excluding hydrogens is 278 g/mol. The first-order chi connectivity index (χ1) is 9.35. The van der Waals surface area contributed by atoms with E-state index < -0.39 is 0 Å². The molecule has 0 amide bonds. The molecule has 2 rings (SSSR count). The summed E-state index contributed by atoms with van der Waals surface area (Å²) < 4.78 is 10.5. The van der Waals surface area contributed by atoms with Gasteiger partial charge in [0.1, 0.15) is 12.1 Å². The summed E-state index contributed by atoms with van der Waals surface area (Å²) in [6.45, 7) is 3.03. The van der Waals surface area contributed by atoms with Crippen LogP contribution in [0.3, 0.4) is 0 Å². The number of hydrogen-bond acceptors (Lipinski definition) is 6. The van der Waals surface area contributed by atoms with E-state index in [9.17, 15) is 0 Å². The van der Waals surface area contributed by atoms with Crippen LogP contribution in [0.1, 0.15) is 18.5 Å². The molecular formula is C13H17N3OS2. The van der Waals surface area contributed by atoms with Gasteiger partial charge in [0.25, 0.3) is 0 Å². The molecule has 0 aliphatic heterocycles. The minimum Gasteiger partial charge on any atom is -0.496 e. The molecule has 0 aliphatic rings. The number of methoxy groups -OCH3 is 1. The zero-order chi connectivity index (χ0) is 13.5. The van der Waals surface area contributed by atoms with Crippen LogP contribution in [0, 0.1) is 0 Å². The number of ether oxygens (including phenoxy) is 1. The average molecular weight is 295 g/mol. The van der Waals surface area contributed by atoms with Crippen molar-refractivity contribution in [1.29, 1.82) is 0 Å². The van der Waals surface area contributed by atoms with E-state index in [-0.39, 0.29) is 6.04 Å². The predicted molar refractivity (Wildman–Crippen MR) is 80.0 cm³/mol. The number of nitrogens with zero attached hydrogens (tertiary/aromatic N) is 2. The third-order valence-electron chi connectivity index (χ3n) is 2.68. The Kier molecular flexibility index (Phi) is 5.62. The Morgan fingerprint density at radius 1 is 1.42 bits per heavy atom. The van der Waals surface area contributed by atoms with Gasteiger partial charge in [0.15, 0.2) is 4.34 Å². The molecule has 2 aromatic rings. The van der Waals surface area contributed by atoms with Crippen LogP contribution in [0.15, 0.2) is 34.9 Å². The van der Waals surface area contributed by atoms with Crippen molar-refractivity contribution in [1.82, 2.24) is 14.7 Å². The standard InChI is InChI=1S/C13H17N3OS2/c1-3-14-11(8-18-13-15-9-16-19-13)10-6-4-5-7-12(10)17-2/h4-7,9,11,14H,3,8H2,1-2H3. The molecule has 1 N–H and O–H groups in total. The van der Waals surface area contributed by atoms with E-state index in [1.165, 1.54) is 17.1 Å². The molecule has 0 radical (unpaired) electrons. The van der Waals surface area contributed by atoms with E-state index in [1.54, 1.807) is 25.2 Å². The number of rotatable bonds is 7. The fraction of sp³-hybridized carbons (Fsp3) is 0.385. The van der Waals surface area contributed by atoms with E-state index in [4.69, 9.17) is 4.74 Å². The second-order valence-corrected chi connectivity index (χ2v) is 5.92. The molecule has 1 aromatic carbocycles. The highest BCUT2D eigenvalue weighted by atomic mass is 32.2. The number of hydrogen-bond donors (Lipinski definition) is 1. The molecule has 1 unspecified atom stereocenters. The number of nitrogens with one attached hydrogen (secondary N) is 1. The van der Waals surface area contributed by atoms with Crippen molar-refractivity contribution in [2.24, 2.45) is 0 Å². The second kappa shape index (κ2) is 7.47. The summed E-state index contributed by atoms with van der Waals surface area (Å²) in [5, 5.41) is 3.49. The zero-order valence-corrected chi connectivity index (χ0v) is 12.6. The second-order valence-electron chi connectivity index (χ2n) is 3.87. The highest BCUT2D eigenvalue weighted by molar-refractivity contribution is 8.00. The Hall–Kier alpha value is -1.11. The Morgan fingerprint density at radius 2 is 2.26 bits per heavy atom. The lowest BCUT2D eigenvalue weighted by Gasteiger charge is -2.19. The van der Waals surface area contributed by atoms with Gasteiger partial charge in [-0.05, 0) is 24.1 Å². The average Bonchev–Trinajstić information content (AvgIpc) is 2.96. The summed E-state index contributed by atoms with van der Waals surface area (Å²) in [6.07, 6.45) is 1.60.